The Kier molecular flexibility index (Phi) is 2.29. The fraction of sp³-hybridized carbons (Fsp3) is 0.538. The first-order chi connectivity index (χ1) is 10.7. The minimum Gasteiger partial charge on any atom is -0.504 e. The summed E-state index contributed by atoms with van der Waals surface area (Å²) in [6, 6.07) is -0.517. The molecule has 0 aliphatic carbocycles. The number of rotatable bonds is 5. The molecule has 2 unspecified atom stereocenters. The molecule has 0 aliphatic rings. The average Bonchev–Trinajstić information content (AvgIpc) is 2.44. The predicted molar refractivity (Wildman–Crippen MR) is 67.1 cm³/mol. The van der Waals surface area contributed by atoms with Crippen molar-refractivity contribution in [3.8, 4) is 11.5 Å². The van der Waals surface area contributed by atoms with E-state index >= 15 is 0 Å². The second-order valence-corrected chi connectivity index (χ2v) is 3.73. The number of aliphatic hydroxyl groups excluding tert-OH is 1. The van der Waals surface area contributed by atoms with Gasteiger partial charge in [0, 0.05) is 21.7 Å². The molecule has 0 aliphatic heterocycles. The highest BCUT2D eigenvalue weighted by molar-refractivity contribution is 5.41. The summed E-state index contributed by atoms with van der Waals surface area (Å²) in [6.45, 7) is -4.74. The molecule has 1 rings (SSSR count). The Balaban J connectivity index is 3.18. The van der Waals surface area contributed by atoms with E-state index in [9.17, 15) is 15.3 Å². The summed E-state index contributed by atoms with van der Waals surface area (Å²) in [6.07, 6.45) is -1.27. The molecule has 4 nitrogen and oxygen atoms in total. The summed E-state index contributed by atoms with van der Waals surface area (Å²) < 4.78 is 52.3. The average molecular weight is 246 g/mol. The summed E-state index contributed by atoms with van der Waals surface area (Å²) in [7, 11) is 0. The van der Waals surface area contributed by atoms with Crippen LogP contribution in [0.5, 0.6) is 11.5 Å². The number of aliphatic hydroxyl groups is 1. The minimum absolute atomic E-state index is 0.121. The molecule has 0 spiro atoms. The number of aromatic hydroxyl groups is 2. The van der Waals surface area contributed by atoms with E-state index in [4.69, 9.17) is 9.60 Å². The maximum absolute atomic E-state index is 10.4. The molecule has 0 fully saturated rings. The van der Waals surface area contributed by atoms with Crippen molar-refractivity contribution >= 4 is 0 Å². The van der Waals surface area contributed by atoms with Crippen LogP contribution in [0.4, 0.5) is 0 Å². The van der Waals surface area contributed by atoms with Crippen LogP contribution >= 0.6 is 0 Å². The molecule has 4 heteroatoms. The van der Waals surface area contributed by atoms with Gasteiger partial charge in [0.2, 0.25) is 0 Å². The van der Waals surface area contributed by atoms with Gasteiger partial charge < -0.3 is 20.6 Å². The molecule has 0 saturated heterocycles. The van der Waals surface area contributed by atoms with E-state index in [2.05, 4.69) is 5.32 Å². The molecule has 17 heavy (non-hydrogen) atoms. The molecule has 96 valence electrons. The normalized spacial score (nSPS) is 23.1. The fourth-order valence-electron chi connectivity index (χ4n) is 1.55. The van der Waals surface area contributed by atoms with Gasteiger partial charge in [-0.05, 0) is 24.1 Å². The molecule has 0 bridgehead atoms. The summed E-state index contributed by atoms with van der Waals surface area (Å²) in [5.41, 5.74) is 0.142. The predicted octanol–water partition coefficient (Wildman–Crippen LogP) is 1.91. The van der Waals surface area contributed by atoms with Crippen molar-refractivity contribution in [2.75, 3.05) is 0 Å². The quantitative estimate of drug-likeness (QED) is 0.599. The number of nitrogens with one attached hydrogen (secondary N) is 1. The molecule has 0 saturated carbocycles. The summed E-state index contributed by atoms with van der Waals surface area (Å²) in [5.74, 6) is -0.878. The van der Waals surface area contributed by atoms with Gasteiger partial charge in [0.25, 0.3) is 0 Å². The summed E-state index contributed by atoms with van der Waals surface area (Å²) in [4.78, 5) is 0. The molecule has 4 N–H and O–H groups in total. The number of phenolic OH excluding ortho intramolecular Hbond substituents is 2. The van der Waals surface area contributed by atoms with Gasteiger partial charge in [0.05, 0.1) is 6.10 Å². The number of benzene rings is 1. The zero-order valence-corrected chi connectivity index (χ0v) is 9.44. The van der Waals surface area contributed by atoms with Crippen LogP contribution in [0.15, 0.2) is 18.2 Å². The lowest BCUT2D eigenvalue weighted by Gasteiger charge is -2.25. The van der Waals surface area contributed by atoms with Crippen LogP contribution in [0.2, 0.25) is 0 Å². The molecule has 0 amide bonds. The molecular formula is C13H21NO3. The van der Waals surface area contributed by atoms with Crippen LogP contribution < -0.4 is 5.32 Å². The summed E-state index contributed by atoms with van der Waals surface area (Å²) >= 11 is 0. The Bertz CT molecular complexity index is 560. The third-order valence-corrected chi connectivity index (χ3v) is 2.49. The number of hydrogen-bond donors (Lipinski definition) is 4. The SMILES string of the molecule is [2H]C([2H])([2H])C([2H])(NC(CC)C(O)c1ccc(O)c(O)c1)C([2H])([2H])[2H]. The van der Waals surface area contributed by atoms with Crippen LogP contribution in [-0.4, -0.2) is 27.4 Å². The molecule has 0 aromatic heterocycles. The van der Waals surface area contributed by atoms with Crippen molar-refractivity contribution in [1.82, 2.24) is 5.32 Å². The third-order valence-electron chi connectivity index (χ3n) is 2.49. The van der Waals surface area contributed by atoms with Crippen LogP contribution in [0.25, 0.3) is 0 Å². The van der Waals surface area contributed by atoms with E-state index < -0.39 is 43.4 Å². The lowest BCUT2D eigenvalue weighted by atomic mass is 9.99. The lowest BCUT2D eigenvalue weighted by Crippen LogP contribution is -2.38. The van der Waals surface area contributed by atoms with Gasteiger partial charge in [-0.3, -0.25) is 0 Å². The number of phenols is 2. The topological polar surface area (TPSA) is 72.7 Å². The van der Waals surface area contributed by atoms with E-state index in [-0.39, 0.29) is 12.0 Å². The van der Waals surface area contributed by atoms with Crippen molar-refractivity contribution in [2.24, 2.45) is 0 Å². The molecule has 1 aromatic carbocycles. The van der Waals surface area contributed by atoms with Crippen LogP contribution in [0, 0.1) is 0 Å². The number of hydrogen-bond acceptors (Lipinski definition) is 4. The van der Waals surface area contributed by atoms with Crippen LogP contribution in [0.1, 0.15) is 48.3 Å². The van der Waals surface area contributed by atoms with Crippen molar-refractivity contribution in [3.05, 3.63) is 23.8 Å². The second kappa shape index (κ2) is 5.89. The molecule has 0 radical (unpaired) electrons. The van der Waals surface area contributed by atoms with Gasteiger partial charge in [-0.15, -0.1) is 0 Å². The molecule has 0 heterocycles. The standard InChI is InChI=1S/C13H21NO3/c1-4-10(14-8(2)3)13(17)9-5-6-11(15)12(16)7-9/h5-8,10,13-17H,4H2,1-3H3/i2D3,3D3,8D. The largest absolute Gasteiger partial charge is 0.504 e. The van der Waals surface area contributed by atoms with Gasteiger partial charge >= 0.3 is 0 Å². The van der Waals surface area contributed by atoms with Gasteiger partial charge in [-0.2, -0.15) is 0 Å². The Labute approximate surface area is 112 Å². The van der Waals surface area contributed by atoms with Crippen LogP contribution in [0.3, 0.4) is 0 Å². The molecule has 2 atom stereocenters. The van der Waals surface area contributed by atoms with E-state index in [0.717, 1.165) is 12.1 Å². The van der Waals surface area contributed by atoms with Crippen molar-refractivity contribution in [1.29, 1.82) is 0 Å². The monoisotopic (exact) mass is 246 g/mol. The first-order valence-electron chi connectivity index (χ1n) is 8.72. The smallest absolute Gasteiger partial charge is 0.157 e. The first kappa shape index (κ1) is 6.61. The lowest BCUT2D eigenvalue weighted by molar-refractivity contribution is 0.121. The van der Waals surface area contributed by atoms with Crippen molar-refractivity contribution in [3.63, 3.8) is 0 Å². The highest BCUT2D eigenvalue weighted by Gasteiger charge is 2.20. The Morgan fingerprint density at radius 2 is 2.06 bits per heavy atom. The van der Waals surface area contributed by atoms with Gasteiger partial charge in [0.15, 0.2) is 11.5 Å². The maximum Gasteiger partial charge on any atom is 0.157 e. The summed E-state index contributed by atoms with van der Waals surface area (Å²) in [5, 5.41) is 31.4. The van der Waals surface area contributed by atoms with Crippen LogP contribution in [-0.2, 0) is 0 Å². The van der Waals surface area contributed by atoms with Gasteiger partial charge in [-0.25, -0.2) is 0 Å². The highest BCUT2D eigenvalue weighted by Crippen LogP contribution is 2.29. The second-order valence-electron chi connectivity index (χ2n) is 3.73. The Morgan fingerprint density at radius 3 is 2.59 bits per heavy atom. The molecule has 1 aromatic rings. The maximum atomic E-state index is 10.4. The van der Waals surface area contributed by atoms with Gasteiger partial charge in [0.1, 0.15) is 0 Å². The van der Waals surface area contributed by atoms with Crippen molar-refractivity contribution < 1.29 is 24.9 Å². The van der Waals surface area contributed by atoms with Crippen molar-refractivity contribution in [2.45, 2.75) is 45.2 Å². The van der Waals surface area contributed by atoms with Gasteiger partial charge in [-0.1, -0.05) is 26.7 Å². The highest BCUT2D eigenvalue weighted by atomic mass is 16.3. The fourth-order valence-corrected chi connectivity index (χ4v) is 1.55. The van der Waals surface area contributed by atoms with E-state index in [1.807, 2.05) is 0 Å². The third kappa shape index (κ3) is 3.61. The Hall–Kier alpha value is -1.26. The van der Waals surface area contributed by atoms with E-state index in [0.29, 0.717) is 0 Å². The van der Waals surface area contributed by atoms with E-state index in [1.54, 1.807) is 6.92 Å². The first-order valence-corrected chi connectivity index (χ1v) is 5.22. The minimum atomic E-state index is -3.16. The zero-order chi connectivity index (χ0) is 18.9. The zero-order valence-electron chi connectivity index (χ0n) is 16.4. The Morgan fingerprint density at radius 1 is 1.35 bits per heavy atom. The molecular weight excluding hydrogens is 218 g/mol. The van der Waals surface area contributed by atoms with E-state index in [1.165, 1.54) is 6.07 Å².